The Kier molecular flexibility index (Phi) is 5.95. The highest BCUT2D eigenvalue weighted by molar-refractivity contribution is 6.17. The van der Waals surface area contributed by atoms with Crippen molar-refractivity contribution in [2.45, 2.75) is 46.1 Å². The van der Waals surface area contributed by atoms with E-state index >= 15 is 0 Å². The van der Waals surface area contributed by atoms with Gasteiger partial charge in [-0.2, -0.15) is 0 Å². The standard InChI is InChI=1S/C12H23ClO2/c1-9(2)11-5-4-10(3)6-12(11)15-8-14-7-13/h9-12H,4-8H2,1-3H3/t10-,11+,12?/m0/s1. The zero-order valence-corrected chi connectivity index (χ0v) is 10.8. The van der Waals surface area contributed by atoms with Crippen molar-refractivity contribution >= 4 is 11.6 Å². The maximum atomic E-state index is 5.76. The van der Waals surface area contributed by atoms with Crippen molar-refractivity contribution in [1.82, 2.24) is 0 Å². The molecule has 0 heterocycles. The first-order chi connectivity index (χ1) is 7.15. The highest BCUT2D eigenvalue weighted by Crippen LogP contribution is 2.35. The molecule has 0 aromatic heterocycles. The molecule has 1 fully saturated rings. The topological polar surface area (TPSA) is 18.5 Å². The highest BCUT2D eigenvalue weighted by atomic mass is 35.5. The van der Waals surface area contributed by atoms with Gasteiger partial charge in [0.1, 0.15) is 12.9 Å². The first-order valence-electron chi connectivity index (χ1n) is 5.90. The molecule has 1 aliphatic rings. The van der Waals surface area contributed by atoms with Crippen LogP contribution in [-0.4, -0.2) is 19.0 Å². The molecule has 2 nitrogen and oxygen atoms in total. The van der Waals surface area contributed by atoms with Gasteiger partial charge in [0, 0.05) is 0 Å². The summed E-state index contributed by atoms with van der Waals surface area (Å²) in [5.41, 5.74) is 0. The minimum absolute atomic E-state index is 0.217. The van der Waals surface area contributed by atoms with Gasteiger partial charge in [0.05, 0.1) is 6.10 Å². The van der Waals surface area contributed by atoms with Gasteiger partial charge in [-0.05, 0) is 30.6 Å². The molecule has 0 aromatic rings. The maximum Gasteiger partial charge on any atom is 0.148 e. The number of hydrogen-bond acceptors (Lipinski definition) is 2. The molecule has 1 aliphatic carbocycles. The number of rotatable bonds is 5. The van der Waals surface area contributed by atoms with Crippen LogP contribution in [0.5, 0.6) is 0 Å². The quantitative estimate of drug-likeness (QED) is 0.411. The molecule has 1 unspecified atom stereocenters. The number of halogens is 1. The molecule has 0 amide bonds. The molecule has 0 saturated heterocycles. The van der Waals surface area contributed by atoms with E-state index in [1.807, 2.05) is 0 Å². The van der Waals surface area contributed by atoms with Gasteiger partial charge in [-0.1, -0.05) is 38.8 Å². The van der Waals surface area contributed by atoms with Crippen LogP contribution in [0, 0.1) is 17.8 Å². The van der Waals surface area contributed by atoms with Crippen LogP contribution in [-0.2, 0) is 9.47 Å². The van der Waals surface area contributed by atoms with E-state index in [1.54, 1.807) is 0 Å². The summed E-state index contributed by atoms with van der Waals surface area (Å²) in [5.74, 6) is 2.15. The summed E-state index contributed by atoms with van der Waals surface area (Å²) in [6.45, 7) is 7.19. The van der Waals surface area contributed by atoms with Gasteiger partial charge < -0.3 is 9.47 Å². The zero-order chi connectivity index (χ0) is 11.3. The molecule has 0 spiro atoms. The van der Waals surface area contributed by atoms with Crippen molar-refractivity contribution in [3.05, 3.63) is 0 Å². The largest absolute Gasteiger partial charge is 0.352 e. The Morgan fingerprint density at radius 3 is 2.67 bits per heavy atom. The molecule has 0 bridgehead atoms. The Morgan fingerprint density at radius 2 is 2.07 bits per heavy atom. The third kappa shape index (κ3) is 4.29. The number of alkyl halides is 1. The summed E-state index contributed by atoms with van der Waals surface area (Å²) >= 11 is 5.44. The molecule has 0 aliphatic heterocycles. The molecule has 15 heavy (non-hydrogen) atoms. The molecule has 1 saturated carbocycles. The normalized spacial score (nSPS) is 32.2. The fourth-order valence-corrected chi connectivity index (χ4v) is 2.54. The molecule has 1 rings (SSSR count). The molecular formula is C12H23ClO2. The van der Waals surface area contributed by atoms with Crippen molar-refractivity contribution in [3.63, 3.8) is 0 Å². The molecule has 3 atom stereocenters. The average molecular weight is 235 g/mol. The van der Waals surface area contributed by atoms with Crippen LogP contribution in [0.2, 0.25) is 0 Å². The molecular weight excluding hydrogens is 212 g/mol. The predicted octanol–water partition coefficient (Wildman–Crippen LogP) is 3.63. The summed E-state index contributed by atoms with van der Waals surface area (Å²) < 4.78 is 10.8. The van der Waals surface area contributed by atoms with Gasteiger partial charge in [-0.25, -0.2) is 0 Å². The van der Waals surface area contributed by atoms with E-state index in [9.17, 15) is 0 Å². The number of ether oxygens (including phenoxy) is 2. The lowest BCUT2D eigenvalue weighted by Crippen LogP contribution is -2.34. The summed E-state index contributed by atoms with van der Waals surface area (Å²) in [7, 11) is 0. The van der Waals surface area contributed by atoms with Gasteiger partial charge in [0.25, 0.3) is 0 Å². The van der Waals surface area contributed by atoms with Crippen molar-refractivity contribution in [1.29, 1.82) is 0 Å². The average Bonchev–Trinajstić information content (AvgIpc) is 2.18. The molecule has 0 aromatic carbocycles. The Bertz CT molecular complexity index is 173. The molecule has 0 N–H and O–H groups in total. The minimum Gasteiger partial charge on any atom is -0.352 e. The van der Waals surface area contributed by atoms with Crippen LogP contribution in [0.4, 0.5) is 0 Å². The fraction of sp³-hybridized carbons (Fsp3) is 1.00. The Morgan fingerprint density at radius 1 is 1.33 bits per heavy atom. The van der Waals surface area contributed by atoms with E-state index in [-0.39, 0.29) is 6.07 Å². The maximum absolute atomic E-state index is 5.76. The van der Waals surface area contributed by atoms with E-state index in [1.165, 1.54) is 12.8 Å². The first kappa shape index (κ1) is 13.3. The number of hydrogen-bond donors (Lipinski definition) is 0. The second-order valence-electron chi connectivity index (χ2n) is 4.96. The SMILES string of the molecule is CC(C)[C@H]1CC[C@H](C)CC1OCOCCl. The van der Waals surface area contributed by atoms with Crippen molar-refractivity contribution < 1.29 is 9.47 Å². The van der Waals surface area contributed by atoms with Crippen molar-refractivity contribution in [2.75, 3.05) is 12.9 Å². The highest BCUT2D eigenvalue weighted by Gasteiger charge is 2.31. The van der Waals surface area contributed by atoms with E-state index in [0.717, 1.165) is 12.3 Å². The Balaban J connectivity index is 2.39. The molecule has 3 heteroatoms. The summed E-state index contributed by atoms with van der Waals surface area (Å²) in [4.78, 5) is 0. The van der Waals surface area contributed by atoms with E-state index in [4.69, 9.17) is 21.1 Å². The van der Waals surface area contributed by atoms with E-state index in [0.29, 0.717) is 24.7 Å². The monoisotopic (exact) mass is 234 g/mol. The lowest BCUT2D eigenvalue weighted by molar-refractivity contribution is -0.119. The Labute approximate surface area is 98.3 Å². The van der Waals surface area contributed by atoms with Crippen molar-refractivity contribution in [2.24, 2.45) is 17.8 Å². The lowest BCUT2D eigenvalue weighted by Gasteiger charge is -2.36. The van der Waals surface area contributed by atoms with Gasteiger partial charge in [-0.15, -0.1) is 0 Å². The Hall–Kier alpha value is 0.210. The van der Waals surface area contributed by atoms with Crippen LogP contribution in [0.1, 0.15) is 40.0 Å². The second-order valence-corrected chi connectivity index (χ2v) is 5.18. The summed E-state index contributed by atoms with van der Waals surface area (Å²) in [6, 6.07) is 0.217. The van der Waals surface area contributed by atoms with Crippen LogP contribution in [0.25, 0.3) is 0 Å². The van der Waals surface area contributed by atoms with Gasteiger partial charge >= 0.3 is 0 Å². The third-order valence-corrected chi connectivity index (χ3v) is 3.56. The lowest BCUT2D eigenvalue weighted by atomic mass is 9.75. The summed E-state index contributed by atoms with van der Waals surface area (Å²) in [5, 5.41) is 0. The fourth-order valence-electron chi connectivity index (χ4n) is 2.47. The summed E-state index contributed by atoms with van der Waals surface area (Å²) in [6.07, 6.45) is 4.13. The van der Waals surface area contributed by atoms with Gasteiger partial charge in [-0.3, -0.25) is 0 Å². The van der Waals surface area contributed by atoms with E-state index in [2.05, 4.69) is 20.8 Å². The van der Waals surface area contributed by atoms with Crippen LogP contribution in [0.15, 0.2) is 0 Å². The first-order valence-corrected chi connectivity index (χ1v) is 6.44. The van der Waals surface area contributed by atoms with Gasteiger partial charge in [0.2, 0.25) is 0 Å². The van der Waals surface area contributed by atoms with Crippen LogP contribution >= 0.6 is 11.6 Å². The third-order valence-electron chi connectivity index (χ3n) is 3.40. The van der Waals surface area contributed by atoms with E-state index < -0.39 is 0 Å². The van der Waals surface area contributed by atoms with Crippen molar-refractivity contribution in [3.8, 4) is 0 Å². The zero-order valence-electron chi connectivity index (χ0n) is 10.0. The van der Waals surface area contributed by atoms with Crippen LogP contribution < -0.4 is 0 Å². The molecule has 90 valence electrons. The molecule has 0 radical (unpaired) electrons. The van der Waals surface area contributed by atoms with Gasteiger partial charge in [0.15, 0.2) is 0 Å². The van der Waals surface area contributed by atoms with Crippen LogP contribution in [0.3, 0.4) is 0 Å². The second kappa shape index (κ2) is 6.72. The smallest absolute Gasteiger partial charge is 0.148 e. The minimum atomic E-state index is 0.217. The predicted molar refractivity (Wildman–Crippen MR) is 62.9 cm³/mol.